The molecule has 1 fully saturated rings. The van der Waals surface area contributed by atoms with Crippen molar-refractivity contribution in [3.63, 3.8) is 0 Å². The zero-order valence-electron chi connectivity index (χ0n) is 6.22. The van der Waals surface area contributed by atoms with Crippen LogP contribution in [0.2, 0.25) is 0 Å². The fourth-order valence-corrected chi connectivity index (χ4v) is 2.24. The number of carbonyl (C=O) groups is 1. The van der Waals surface area contributed by atoms with Gasteiger partial charge in [-0.15, -0.1) is 0 Å². The average molecular weight is 159 g/mol. The van der Waals surface area contributed by atoms with Gasteiger partial charge in [0.05, 0.1) is 0 Å². The van der Waals surface area contributed by atoms with E-state index in [9.17, 15) is 4.79 Å². The lowest BCUT2D eigenvalue weighted by atomic mass is 10.1. The maximum Gasteiger partial charge on any atom is 0.217 e. The second kappa shape index (κ2) is 3.86. The third kappa shape index (κ3) is 2.60. The van der Waals surface area contributed by atoms with Crippen molar-refractivity contribution in [2.75, 3.05) is 11.5 Å². The zero-order chi connectivity index (χ0) is 7.40. The van der Waals surface area contributed by atoms with Gasteiger partial charge in [-0.2, -0.15) is 11.8 Å². The minimum absolute atomic E-state index is 0.108. The molecule has 1 heterocycles. The van der Waals surface area contributed by atoms with Gasteiger partial charge in [0.2, 0.25) is 5.91 Å². The van der Waals surface area contributed by atoms with E-state index in [1.807, 2.05) is 11.8 Å². The van der Waals surface area contributed by atoms with Crippen molar-refractivity contribution in [3.8, 4) is 0 Å². The Morgan fingerprint density at radius 1 is 1.50 bits per heavy atom. The lowest BCUT2D eigenvalue weighted by molar-refractivity contribution is -0.119. The summed E-state index contributed by atoms with van der Waals surface area (Å²) in [6.07, 6.45) is 2.29. The van der Waals surface area contributed by atoms with Gasteiger partial charge < -0.3 is 5.32 Å². The molecule has 10 heavy (non-hydrogen) atoms. The van der Waals surface area contributed by atoms with Crippen molar-refractivity contribution in [1.82, 2.24) is 5.32 Å². The molecule has 3 heteroatoms. The highest BCUT2D eigenvalue weighted by Gasteiger charge is 2.13. The van der Waals surface area contributed by atoms with Crippen LogP contribution in [-0.4, -0.2) is 23.5 Å². The van der Waals surface area contributed by atoms with Crippen LogP contribution in [0, 0.1) is 0 Å². The van der Waals surface area contributed by atoms with Crippen molar-refractivity contribution in [1.29, 1.82) is 0 Å². The number of hydrogen-bond donors (Lipinski definition) is 1. The number of rotatable bonds is 1. The van der Waals surface area contributed by atoms with Crippen LogP contribution < -0.4 is 5.32 Å². The van der Waals surface area contributed by atoms with Crippen molar-refractivity contribution in [3.05, 3.63) is 0 Å². The molecule has 1 saturated heterocycles. The molecule has 0 aromatic carbocycles. The largest absolute Gasteiger partial charge is 0.354 e. The summed E-state index contributed by atoms with van der Waals surface area (Å²) in [6.45, 7) is 1.59. The van der Waals surface area contributed by atoms with Gasteiger partial charge >= 0.3 is 0 Å². The third-order valence-electron chi connectivity index (χ3n) is 1.63. The Hall–Kier alpha value is -0.180. The second-order valence-electron chi connectivity index (χ2n) is 2.59. The van der Waals surface area contributed by atoms with E-state index in [1.165, 1.54) is 11.5 Å². The molecule has 0 spiro atoms. The summed E-state index contributed by atoms with van der Waals surface area (Å²) >= 11 is 1.97. The molecule has 0 unspecified atom stereocenters. The summed E-state index contributed by atoms with van der Waals surface area (Å²) in [5, 5.41) is 2.93. The molecule has 2 nitrogen and oxygen atoms in total. The van der Waals surface area contributed by atoms with E-state index < -0.39 is 0 Å². The van der Waals surface area contributed by atoms with E-state index in [-0.39, 0.29) is 5.91 Å². The van der Waals surface area contributed by atoms with Crippen LogP contribution in [0.4, 0.5) is 0 Å². The number of hydrogen-bond acceptors (Lipinski definition) is 2. The van der Waals surface area contributed by atoms with Crippen molar-refractivity contribution in [2.24, 2.45) is 0 Å². The van der Waals surface area contributed by atoms with E-state index >= 15 is 0 Å². The first kappa shape index (κ1) is 7.92. The monoisotopic (exact) mass is 159 g/mol. The van der Waals surface area contributed by atoms with E-state index in [0.29, 0.717) is 6.04 Å². The van der Waals surface area contributed by atoms with Gasteiger partial charge in [-0.25, -0.2) is 0 Å². The molecule has 1 N–H and O–H groups in total. The highest BCUT2D eigenvalue weighted by molar-refractivity contribution is 7.99. The maximum atomic E-state index is 10.6. The van der Waals surface area contributed by atoms with Crippen molar-refractivity contribution in [2.45, 2.75) is 25.8 Å². The first-order valence-corrected chi connectivity index (χ1v) is 4.79. The SMILES string of the molecule is CC(=O)NC1CCSCC1. The summed E-state index contributed by atoms with van der Waals surface area (Å²) in [4.78, 5) is 10.6. The fourth-order valence-electron chi connectivity index (χ4n) is 1.13. The summed E-state index contributed by atoms with van der Waals surface area (Å²) in [5.41, 5.74) is 0. The lowest BCUT2D eigenvalue weighted by Gasteiger charge is -2.21. The molecule has 0 saturated carbocycles. The molecule has 0 bridgehead atoms. The number of carbonyl (C=O) groups excluding carboxylic acids is 1. The molecule has 0 aliphatic carbocycles. The van der Waals surface area contributed by atoms with E-state index in [1.54, 1.807) is 6.92 Å². The van der Waals surface area contributed by atoms with Crippen LogP contribution in [0.15, 0.2) is 0 Å². The molecule has 1 aliphatic rings. The number of nitrogens with one attached hydrogen (secondary N) is 1. The molecule has 0 radical (unpaired) electrons. The van der Waals surface area contributed by atoms with E-state index in [0.717, 1.165) is 12.8 Å². The smallest absolute Gasteiger partial charge is 0.217 e. The van der Waals surface area contributed by atoms with Gasteiger partial charge in [0, 0.05) is 13.0 Å². The van der Waals surface area contributed by atoms with Crippen LogP contribution in [0.1, 0.15) is 19.8 Å². The van der Waals surface area contributed by atoms with Gasteiger partial charge in [0.1, 0.15) is 0 Å². The first-order valence-electron chi connectivity index (χ1n) is 3.64. The fraction of sp³-hybridized carbons (Fsp3) is 0.857. The Bertz CT molecular complexity index is 121. The summed E-state index contributed by atoms with van der Waals surface area (Å²) < 4.78 is 0. The van der Waals surface area contributed by atoms with E-state index in [2.05, 4.69) is 5.32 Å². The van der Waals surface area contributed by atoms with Crippen molar-refractivity contribution < 1.29 is 4.79 Å². The van der Waals surface area contributed by atoms with Gasteiger partial charge in [-0.1, -0.05) is 0 Å². The van der Waals surface area contributed by atoms with Crippen LogP contribution in [0.25, 0.3) is 0 Å². The standard InChI is InChI=1S/C7H13NOS/c1-6(9)8-7-2-4-10-5-3-7/h7H,2-5H2,1H3,(H,8,9). The quantitative estimate of drug-likeness (QED) is 0.619. The van der Waals surface area contributed by atoms with Crippen LogP contribution in [-0.2, 0) is 4.79 Å². The van der Waals surface area contributed by atoms with Crippen LogP contribution in [0.5, 0.6) is 0 Å². The Balaban J connectivity index is 2.19. The summed E-state index contributed by atoms with van der Waals surface area (Å²) in [5.74, 6) is 2.51. The third-order valence-corrected chi connectivity index (χ3v) is 2.68. The molecule has 0 aromatic heterocycles. The van der Waals surface area contributed by atoms with E-state index in [4.69, 9.17) is 0 Å². The molecule has 1 rings (SSSR count). The van der Waals surface area contributed by atoms with Crippen LogP contribution in [0.3, 0.4) is 0 Å². The second-order valence-corrected chi connectivity index (χ2v) is 3.81. The highest BCUT2D eigenvalue weighted by Crippen LogP contribution is 2.16. The van der Waals surface area contributed by atoms with Gasteiger partial charge in [0.15, 0.2) is 0 Å². The predicted octanol–water partition coefficient (Wildman–Crippen LogP) is 1.02. The van der Waals surface area contributed by atoms with Gasteiger partial charge in [-0.05, 0) is 24.3 Å². The van der Waals surface area contributed by atoms with Crippen LogP contribution >= 0.6 is 11.8 Å². The number of amides is 1. The molecule has 1 aliphatic heterocycles. The number of thioether (sulfide) groups is 1. The predicted molar refractivity (Wildman–Crippen MR) is 44.2 cm³/mol. The maximum absolute atomic E-state index is 10.6. The minimum Gasteiger partial charge on any atom is -0.354 e. The normalized spacial score (nSPS) is 20.5. The first-order chi connectivity index (χ1) is 4.79. The highest BCUT2D eigenvalue weighted by atomic mass is 32.2. The van der Waals surface area contributed by atoms with Gasteiger partial charge in [0.25, 0.3) is 0 Å². The topological polar surface area (TPSA) is 29.1 Å². The lowest BCUT2D eigenvalue weighted by Crippen LogP contribution is -2.35. The molecule has 0 aromatic rings. The molecule has 0 atom stereocenters. The zero-order valence-corrected chi connectivity index (χ0v) is 7.04. The minimum atomic E-state index is 0.108. The molecular formula is C7H13NOS. The Morgan fingerprint density at radius 3 is 2.60 bits per heavy atom. The molecule has 58 valence electrons. The van der Waals surface area contributed by atoms with Crippen molar-refractivity contribution >= 4 is 17.7 Å². The molecular weight excluding hydrogens is 146 g/mol. The summed E-state index contributed by atoms with van der Waals surface area (Å²) in [7, 11) is 0. The Labute approximate surface area is 65.8 Å². The Kier molecular flexibility index (Phi) is 3.06. The summed E-state index contributed by atoms with van der Waals surface area (Å²) in [6, 6.07) is 0.457. The average Bonchev–Trinajstić information content (AvgIpc) is 1.88. The Morgan fingerprint density at radius 2 is 2.10 bits per heavy atom. The molecule has 1 amide bonds. The van der Waals surface area contributed by atoms with Gasteiger partial charge in [-0.3, -0.25) is 4.79 Å².